The summed E-state index contributed by atoms with van der Waals surface area (Å²) in [5.74, 6) is 1.29. The van der Waals surface area contributed by atoms with Gasteiger partial charge in [-0.2, -0.15) is 0 Å². The predicted molar refractivity (Wildman–Crippen MR) is 132 cm³/mol. The van der Waals surface area contributed by atoms with Crippen molar-refractivity contribution in [2.45, 2.75) is 39.7 Å². The molecule has 34 heavy (non-hydrogen) atoms. The lowest BCUT2D eigenvalue weighted by Crippen LogP contribution is -2.46. The summed E-state index contributed by atoms with van der Waals surface area (Å²) >= 11 is 0. The van der Waals surface area contributed by atoms with Gasteiger partial charge >= 0.3 is 0 Å². The number of hydrogen-bond acceptors (Lipinski definition) is 4. The lowest BCUT2D eigenvalue weighted by Gasteiger charge is -2.33. The van der Waals surface area contributed by atoms with Gasteiger partial charge in [0.1, 0.15) is 18.1 Å². The Kier molecular flexibility index (Phi) is 5.82. The number of anilines is 1. The highest BCUT2D eigenvalue weighted by atomic mass is 16.5. The van der Waals surface area contributed by atoms with Crippen LogP contribution in [0, 0.1) is 13.8 Å². The Morgan fingerprint density at radius 1 is 0.941 bits per heavy atom. The molecule has 6 heteroatoms. The van der Waals surface area contributed by atoms with Crippen molar-refractivity contribution in [1.82, 2.24) is 9.88 Å². The molecule has 5 rings (SSSR count). The van der Waals surface area contributed by atoms with Crippen LogP contribution in [0.4, 0.5) is 5.82 Å². The normalized spacial score (nSPS) is 15.1. The van der Waals surface area contributed by atoms with E-state index < -0.39 is 0 Å². The minimum Gasteiger partial charge on any atom is -0.497 e. The molecule has 3 aromatic rings. The Labute approximate surface area is 200 Å². The highest BCUT2D eigenvalue weighted by Crippen LogP contribution is 2.31. The molecule has 2 aliphatic heterocycles. The van der Waals surface area contributed by atoms with Crippen LogP contribution >= 0.6 is 0 Å². The molecule has 2 aromatic carbocycles. The number of aryl methyl sites for hydroxylation is 3. The van der Waals surface area contributed by atoms with Crippen LogP contribution in [0.25, 0.3) is 11.1 Å². The van der Waals surface area contributed by atoms with Crippen LogP contribution in [-0.2, 0) is 29.0 Å². The quantitative estimate of drug-likeness (QED) is 0.590. The minimum atomic E-state index is -0.0603. The summed E-state index contributed by atoms with van der Waals surface area (Å²) in [5.41, 5.74) is 7.91. The van der Waals surface area contributed by atoms with E-state index in [2.05, 4.69) is 49.2 Å². The Bertz CT molecular complexity index is 1260. The second-order valence-electron chi connectivity index (χ2n) is 9.26. The van der Waals surface area contributed by atoms with Gasteiger partial charge in [0.05, 0.1) is 7.11 Å². The number of methoxy groups -OCH3 is 1. The fourth-order valence-corrected chi connectivity index (χ4v) is 5.00. The van der Waals surface area contributed by atoms with Crippen LogP contribution < -0.4 is 9.64 Å². The van der Waals surface area contributed by atoms with E-state index in [1.807, 2.05) is 23.2 Å². The van der Waals surface area contributed by atoms with Crippen molar-refractivity contribution in [3.05, 3.63) is 76.5 Å². The summed E-state index contributed by atoms with van der Waals surface area (Å²) in [6.45, 7) is 5.36. The molecule has 0 bridgehead atoms. The van der Waals surface area contributed by atoms with E-state index in [0.29, 0.717) is 31.7 Å². The van der Waals surface area contributed by atoms with Crippen LogP contribution in [0.5, 0.6) is 5.75 Å². The highest BCUT2D eigenvalue weighted by Gasteiger charge is 2.30. The van der Waals surface area contributed by atoms with Gasteiger partial charge in [0.2, 0.25) is 11.8 Å². The van der Waals surface area contributed by atoms with Crippen LogP contribution in [-0.4, -0.2) is 41.9 Å². The average molecular weight is 456 g/mol. The van der Waals surface area contributed by atoms with Gasteiger partial charge in [-0.05, 0) is 67.1 Å². The maximum atomic E-state index is 13.2. The van der Waals surface area contributed by atoms with Gasteiger partial charge in [0, 0.05) is 31.3 Å². The van der Waals surface area contributed by atoms with Crippen molar-refractivity contribution in [3.8, 4) is 16.9 Å². The standard InChI is InChI=1S/C28H29N3O3/c1-18-10-19(2)12-22(11-18)23-13-21-5-7-26(32)31(28(21)29-15-23)17-27(33)30-9-8-20-4-6-25(34-3)14-24(20)16-30/h4,6,10-15H,5,7-9,16-17H2,1-3H3. The van der Waals surface area contributed by atoms with Gasteiger partial charge in [-0.25, -0.2) is 4.98 Å². The van der Waals surface area contributed by atoms with Crippen LogP contribution in [0.1, 0.15) is 34.2 Å². The molecule has 0 unspecified atom stereocenters. The highest BCUT2D eigenvalue weighted by molar-refractivity contribution is 6.00. The maximum absolute atomic E-state index is 13.2. The summed E-state index contributed by atoms with van der Waals surface area (Å²) < 4.78 is 5.34. The van der Waals surface area contributed by atoms with Crippen molar-refractivity contribution >= 4 is 17.6 Å². The minimum absolute atomic E-state index is 0.0149. The molecule has 2 amide bonds. The number of carbonyl (C=O) groups excluding carboxylic acids is 2. The first-order valence-electron chi connectivity index (χ1n) is 11.7. The Morgan fingerprint density at radius 3 is 2.50 bits per heavy atom. The maximum Gasteiger partial charge on any atom is 0.243 e. The molecule has 0 aliphatic carbocycles. The molecule has 0 saturated heterocycles. The topological polar surface area (TPSA) is 62.7 Å². The van der Waals surface area contributed by atoms with E-state index in [1.165, 1.54) is 16.7 Å². The molecule has 0 saturated carbocycles. The van der Waals surface area contributed by atoms with Crippen molar-refractivity contribution in [2.75, 3.05) is 25.1 Å². The largest absolute Gasteiger partial charge is 0.497 e. The third-order valence-electron chi connectivity index (χ3n) is 6.73. The number of benzene rings is 2. The van der Waals surface area contributed by atoms with Gasteiger partial charge in [-0.15, -0.1) is 0 Å². The summed E-state index contributed by atoms with van der Waals surface area (Å²) in [6.07, 6.45) is 3.64. The number of carbonyl (C=O) groups is 2. The first-order valence-corrected chi connectivity index (χ1v) is 11.7. The van der Waals surface area contributed by atoms with E-state index in [9.17, 15) is 9.59 Å². The molecule has 0 radical (unpaired) electrons. The number of rotatable bonds is 4. The molecule has 0 spiro atoms. The lowest BCUT2D eigenvalue weighted by atomic mass is 9.97. The molecule has 6 nitrogen and oxygen atoms in total. The summed E-state index contributed by atoms with van der Waals surface area (Å²) in [4.78, 5) is 34.1. The number of nitrogens with zero attached hydrogens (tertiary/aromatic N) is 3. The van der Waals surface area contributed by atoms with Gasteiger partial charge in [-0.1, -0.05) is 35.4 Å². The molecular weight excluding hydrogens is 426 g/mol. The Balaban J connectivity index is 1.36. The van der Waals surface area contributed by atoms with Gasteiger partial charge < -0.3 is 9.64 Å². The third-order valence-corrected chi connectivity index (χ3v) is 6.73. The zero-order chi connectivity index (χ0) is 23.8. The van der Waals surface area contributed by atoms with Crippen molar-refractivity contribution in [3.63, 3.8) is 0 Å². The second kappa shape index (κ2) is 8.93. The summed E-state index contributed by atoms with van der Waals surface area (Å²) in [6, 6.07) is 14.6. The van der Waals surface area contributed by atoms with Gasteiger partial charge in [0.25, 0.3) is 0 Å². The molecule has 2 aliphatic rings. The lowest BCUT2D eigenvalue weighted by molar-refractivity contribution is -0.132. The molecule has 0 atom stereocenters. The molecule has 1 aromatic heterocycles. The van der Waals surface area contributed by atoms with Crippen LogP contribution in [0.15, 0.2) is 48.7 Å². The van der Waals surface area contributed by atoms with Crippen molar-refractivity contribution in [1.29, 1.82) is 0 Å². The first kappa shape index (κ1) is 22.1. The number of pyridine rings is 1. The molecular formula is C28H29N3O3. The zero-order valence-electron chi connectivity index (χ0n) is 19.9. The number of fused-ring (bicyclic) bond motifs is 2. The smallest absolute Gasteiger partial charge is 0.243 e. The summed E-state index contributed by atoms with van der Waals surface area (Å²) in [5, 5.41) is 0. The average Bonchev–Trinajstić information content (AvgIpc) is 2.84. The number of hydrogen-bond donors (Lipinski definition) is 0. The Morgan fingerprint density at radius 2 is 1.74 bits per heavy atom. The van der Waals surface area contributed by atoms with E-state index >= 15 is 0 Å². The van der Waals surface area contributed by atoms with Crippen molar-refractivity contribution in [2.24, 2.45) is 0 Å². The third kappa shape index (κ3) is 4.28. The van der Waals surface area contributed by atoms with E-state index in [4.69, 9.17) is 4.74 Å². The Hall–Kier alpha value is -3.67. The molecule has 0 fully saturated rings. The summed E-state index contributed by atoms with van der Waals surface area (Å²) in [7, 11) is 1.64. The SMILES string of the molecule is COc1ccc2c(c1)CN(C(=O)CN1C(=O)CCc3cc(-c4cc(C)cc(C)c4)cnc31)CC2. The van der Waals surface area contributed by atoms with Crippen molar-refractivity contribution < 1.29 is 14.3 Å². The zero-order valence-corrected chi connectivity index (χ0v) is 19.9. The number of amides is 2. The van der Waals surface area contributed by atoms with Gasteiger partial charge in [-0.3, -0.25) is 14.5 Å². The van der Waals surface area contributed by atoms with Crippen LogP contribution in [0.3, 0.4) is 0 Å². The molecule has 174 valence electrons. The number of ether oxygens (including phenoxy) is 1. The molecule has 3 heterocycles. The predicted octanol–water partition coefficient (Wildman–Crippen LogP) is 4.24. The number of aromatic nitrogens is 1. The van der Waals surface area contributed by atoms with Gasteiger partial charge in [0.15, 0.2) is 0 Å². The molecule has 0 N–H and O–H groups in total. The van der Waals surface area contributed by atoms with E-state index in [0.717, 1.165) is 34.4 Å². The second-order valence-corrected chi connectivity index (χ2v) is 9.26. The van der Waals surface area contributed by atoms with E-state index in [-0.39, 0.29) is 18.4 Å². The first-order chi connectivity index (χ1) is 16.4. The van der Waals surface area contributed by atoms with Crippen LogP contribution in [0.2, 0.25) is 0 Å². The fraction of sp³-hybridized carbons (Fsp3) is 0.321. The monoisotopic (exact) mass is 455 g/mol. The fourth-order valence-electron chi connectivity index (χ4n) is 5.00. The van der Waals surface area contributed by atoms with E-state index in [1.54, 1.807) is 12.0 Å².